The van der Waals surface area contributed by atoms with Crippen molar-refractivity contribution in [2.24, 2.45) is 0 Å². The molecule has 0 saturated carbocycles. The van der Waals surface area contributed by atoms with Gasteiger partial charge in [0.2, 0.25) is 0 Å². The Morgan fingerprint density at radius 3 is 1.15 bits per heavy atom. The minimum atomic E-state index is -4.77. The fraction of sp³-hybridized carbons (Fsp3) is 0.650. The molecule has 72 heavy (non-hydrogen) atoms. The predicted molar refractivity (Wildman–Crippen MR) is 297 cm³/mol. The van der Waals surface area contributed by atoms with Crippen LogP contribution < -0.4 is 0 Å². The molecule has 3 atom stereocenters. The summed E-state index contributed by atoms with van der Waals surface area (Å²) < 4.78 is 39.4. The highest BCUT2D eigenvalue weighted by molar-refractivity contribution is 7.47. The predicted octanol–water partition coefficient (Wildman–Crippen LogP) is 16.2. The Hall–Kier alpha value is -3.86. The summed E-state index contributed by atoms with van der Waals surface area (Å²) in [5.74, 6) is -1.56. The van der Waals surface area contributed by atoms with Crippen molar-refractivity contribution in [3.63, 3.8) is 0 Å². The molecule has 0 bridgehead atoms. The SMILES string of the molecule is CC/C=C\C/C=C\C/C=C\C/C=C\CCCCC(=O)OC(CO)COP(=O)(O)OCC(COC(=O)CCCCC/C=C\C/C=C\C/C=C\CC)OC(=O)CCCCCCCCC/C=C\C/C=C\CCCCC. The molecule has 0 aromatic carbocycles. The van der Waals surface area contributed by atoms with Gasteiger partial charge in [-0.1, -0.05) is 182 Å². The molecule has 0 aromatic rings. The fourth-order valence-corrected chi connectivity index (χ4v) is 7.76. The van der Waals surface area contributed by atoms with Crippen LogP contribution in [0.4, 0.5) is 0 Å². The first-order chi connectivity index (χ1) is 35.2. The van der Waals surface area contributed by atoms with Crippen molar-refractivity contribution in [3.8, 4) is 0 Å². The van der Waals surface area contributed by atoms with Crippen molar-refractivity contribution in [1.82, 2.24) is 0 Å². The third-order valence-corrected chi connectivity index (χ3v) is 12.1. The van der Waals surface area contributed by atoms with Crippen LogP contribution in [-0.4, -0.2) is 66.5 Å². The first-order valence-corrected chi connectivity index (χ1v) is 29.3. The van der Waals surface area contributed by atoms with Gasteiger partial charge >= 0.3 is 25.7 Å². The van der Waals surface area contributed by atoms with Gasteiger partial charge in [-0.2, -0.15) is 0 Å². The van der Waals surface area contributed by atoms with E-state index in [2.05, 4.69) is 130 Å². The van der Waals surface area contributed by atoms with E-state index in [1.54, 1.807) is 0 Å². The van der Waals surface area contributed by atoms with Gasteiger partial charge in [0.15, 0.2) is 6.10 Å². The second-order valence-corrected chi connectivity index (χ2v) is 19.4. The fourth-order valence-electron chi connectivity index (χ4n) is 6.98. The summed E-state index contributed by atoms with van der Waals surface area (Å²) in [6, 6.07) is 0. The van der Waals surface area contributed by atoms with Gasteiger partial charge in [-0.25, -0.2) is 4.57 Å². The van der Waals surface area contributed by atoms with Gasteiger partial charge in [-0.3, -0.25) is 23.4 Å². The maximum absolute atomic E-state index is 12.9. The van der Waals surface area contributed by atoms with Gasteiger partial charge in [-0.15, -0.1) is 0 Å². The number of carbonyl (C=O) groups is 3. The number of phosphoric ester groups is 1. The molecule has 0 fully saturated rings. The molecule has 0 aliphatic heterocycles. The molecule has 2 N–H and O–H groups in total. The van der Waals surface area contributed by atoms with Gasteiger partial charge in [0.1, 0.15) is 12.7 Å². The largest absolute Gasteiger partial charge is 0.472 e. The monoisotopic (exact) mass is 1030 g/mol. The van der Waals surface area contributed by atoms with E-state index >= 15 is 0 Å². The summed E-state index contributed by atoms with van der Waals surface area (Å²) >= 11 is 0. The molecule has 0 saturated heterocycles. The molecular formula is C60H99O11P. The highest BCUT2D eigenvalue weighted by Crippen LogP contribution is 2.43. The van der Waals surface area contributed by atoms with E-state index in [4.69, 9.17) is 23.3 Å². The van der Waals surface area contributed by atoms with Gasteiger partial charge in [-0.05, 0) is 122 Å². The van der Waals surface area contributed by atoms with Gasteiger partial charge in [0, 0.05) is 19.3 Å². The normalized spacial score (nSPS) is 14.2. The summed E-state index contributed by atoms with van der Waals surface area (Å²) in [6.45, 7) is 4.28. The van der Waals surface area contributed by atoms with Crippen molar-refractivity contribution in [3.05, 3.63) is 109 Å². The van der Waals surface area contributed by atoms with Crippen LogP contribution in [0.1, 0.15) is 213 Å². The molecule has 12 heteroatoms. The van der Waals surface area contributed by atoms with Crippen LogP contribution in [0.15, 0.2) is 109 Å². The summed E-state index contributed by atoms with van der Waals surface area (Å²) in [6.07, 6.45) is 63.4. The van der Waals surface area contributed by atoms with Crippen molar-refractivity contribution in [2.45, 2.75) is 226 Å². The third-order valence-electron chi connectivity index (χ3n) is 11.2. The molecule has 0 spiro atoms. The Morgan fingerprint density at radius 1 is 0.403 bits per heavy atom. The molecular weight excluding hydrogens is 928 g/mol. The zero-order valence-electron chi connectivity index (χ0n) is 45.1. The maximum Gasteiger partial charge on any atom is 0.472 e. The standard InChI is InChI=1S/C60H99O11P/c1-4-7-10-13-16-19-22-25-27-28-30-33-36-39-42-45-48-51-60(64)71-57(53-67-58(62)49-46-43-40-37-34-31-24-21-18-15-12-9-6-3)55-69-72(65,66)68-54-56(52-61)70-59(63)50-47-44-41-38-35-32-29-26-23-20-17-14-11-8-5-2/h8-9,11-12,16-21,25-27,29,31,34-35,38,56-57,61H,4-7,10,13-15,22-24,28,30,32-33,36-37,39-55H2,1-3H3,(H,65,66)/b11-8-,12-9-,19-16-,20-17-,21-18-,27-25-,29-26-,34-31-,38-35-. The Labute approximate surface area is 437 Å². The molecule has 0 aromatic heterocycles. The maximum atomic E-state index is 12.9. The number of rotatable bonds is 50. The Morgan fingerprint density at radius 2 is 0.722 bits per heavy atom. The van der Waals surface area contributed by atoms with Crippen LogP contribution in [0, 0.1) is 0 Å². The highest BCUT2D eigenvalue weighted by atomic mass is 31.2. The molecule has 0 aliphatic rings. The van der Waals surface area contributed by atoms with Crippen LogP contribution in [-0.2, 0) is 42.2 Å². The number of carbonyl (C=O) groups excluding carboxylic acids is 3. The lowest BCUT2D eigenvalue weighted by Gasteiger charge is -2.21. The Bertz CT molecular complexity index is 1620. The molecule has 0 amide bonds. The number of allylic oxidation sites excluding steroid dienone is 18. The second-order valence-electron chi connectivity index (χ2n) is 18.0. The van der Waals surface area contributed by atoms with Crippen molar-refractivity contribution in [1.29, 1.82) is 0 Å². The van der Waals surface area contributed by atoms with E-state index < -0.39 is 57.8 Å². The highest BCUT2D eigenvalue weighted by Gasteiger charge is 2.28. The molecule has 3 unspecified atom stereocenters. The minimum absolute atomic E-state index is 0.117. The topological polar surface area (TPSA) is 155 Å². The number of aliphatic hydroxyl groups excluding tert-OH is 1. The molecule has 0 rings (SSSR count). The van der Waals surface area contributed by atoms with Crippen molar-refractivity contribution < 1.29 is 52.2 Å². The van der Waals surface area contributed by atoms with Gasteiger partial charge in [0.25, 0.3) is 0 Å². The summed E-state index contributed by atoms with van der Waals surface area (Å²) in [5.41, 5.74) is 0. The number of esters is 3. The van der Waals surface area contributed by atoms with Crippen LogP contribution >= 0.6 is 7.82 Å². The average Bonchev–Trinajstić information content (AvgIpc) is 3.37. The average molecular weight is 1030 g/mol. The third kappa shape index (κ3) is 51.1. The number of hydrogen-bond acceptors (Lipinski definition) is 10. The number of phosphoric acid groups is 1. The zero-order valence-corrected chi connectivity index (χ0v) is 46.0. The van der Waals surface area contributed by atoms with Crippen LogP contribution in [0.5, 0.6) is 0 Å². The second kappa shape index (κ2) is 53.4. The molecule has 0 radical (unpaired) electrons. The molecule has 11 nitrogen and oxygen atoms in total. The number of ether oxygens (including phenoxy) is 3. The molecule has 0 heterocycles. The van der Waals surface area contributed by atoms with E-state index in [9.17, 15) is 28.9 Å². The van der Waals surface area contributed by atoms with Crippen LogP contribution in [0.3, 0.4) is 0 Å². The van der Waals surface area contributed by atoms with E-state index in [0.29, 0.717) is 19.3 Å². The minimum Gasteiger partial charge on any atom is -0.462 e. The lowest BCUT2D eigenvalue weighted by molar-refractivity contribution is -0.161. The lowest BCUT2D eigenvalue weighted by Crippen LogP contribution is -2.30. The molecule has 410 valence electrons. The number of aliphatic hydroxyl groups is 1. The summed E-state index contributed by atoms with van der Waals surface area (Å²) in [4.78, 5) is 48.4. The lowest BCUT2D eigenvalue weighted by atomic mass is 10.1. The van der Waals surface area contributed by atoms with Gasteiger partial charge < -0.3 is 24.2 Å². The first kappa shape index (κ1) is 68.1. The van der Waals surface area contributed by atoms with E-state index in [1.807, 2.05) is 0 Å². The zero-order chi connectivity index (χ0) is 52.7. The van der Waals surface area contributed by atoms with Crippen LogP contribution in [0.2, 0.25) is 0 Å². The summed E-state index contributed by atoms with van der Waals surface area (Å²) in [7, 11) is -4.77. The van der Waals surface area contributed by atoms with Crippen molar-refractivity contribution in [2.75, 3.05) is 26.4 Å². The Kier molecular flexibility index (Phi) is 50.6. The Balaban J connectivity index is 4.82. The van der Waals surface area contributed by atoms with E-state index in [0.717, 1.165) is 116 Å². The number of hydrogen-bond donors (Lipinski definition) is 2. The summed E-state index contributed by atoms with van der Waals surface area (Å²) in [5, 5.41) is 9.79. The van der Waals surface area contributed by atoms with Crippen LogP contribution in [0.25, 0.3) is 0 Å². The molecule has 0 aliphatic carbocycles. The van der Waals surface area contributed by atoms with E-state index in [1.165, 1.54) is 38.5 Å². The quantitative estimate of drug-likeness (QED) is 0.0197. The van der Waals surface area contributed by atoms with Gasteiger partial charge in [0.05, 0.1) is 19.8 Å². The first-order valence-electron chi connectivity index (χ1n) is 27.8. The smallest absolute Gasteiger partial charge is 0.462 e. The van der Waals surface area contributed by atoms with E-state index in [-0.39, 0.29) is 25.9 Å². The number of unbranched alkanes of at least 4 members (excludes halogenated alkanes) is 15. The van der Waals surface area contributed by atoms with Crippen molar-refractivity contribution >= 4 is 25.7 Å².